The second-order valence-corrected chi connectivity index (χ2v) is 11.0. The molecule has 188 valence electrons. The molecule has 2 saturated heterocycles. The average Bonchev–Trinajstić information content (AvgIpc) is 3.05. The molecule has 0 aliphatic carbocycles. The Morgan fingerprint density at radius 3 is 2.53 bits per heavy atom. The fourth-order valence-electron chi connectivity index (χ4n) is 5.27. The molecule has 4 heterocycles. The van der Waals surface area contributed by atoms with Gasteiger partial charge in [0.15, 0.2) is 5.82 Å². The number of nitriles is 1. The van der Waals surface area contributed by atoms with Crippen LogP contribution in [0.5, 0.6) is 0 Å². The van der Waals surface area contributed by atoms with Crippen molar-refractivity contribution in [2.45, 2.75) is 45.7 Å². The molecule has 36 heavy (non-hydrogen) atoms. The van der Waals surface area contributed by atoms with Crippen LogP contribution < -0.4 is 15.6 Å². The highest BCUT2D eigenvalue weighted by molar-refractivity contribution is 6.07. The maximum atomic E-state index is 12.3. The molecular weight excluding hydrogens is 456 g/mol. The SMILES string of the molecule is CC(C)(C)CN1c2nc(C#N)ncc2-c2ccccc2CN1CCN1CCC2(CC1)NC(=O)NC2=O. The summed E-state index contributed by atoms with van der Waals surface area (Å²) < 4.78 is 0. The molecule has 0 unspecified atom stereocenters. The first-order valence-corrected chi connectivity index (χ1v) is 12.4. The standard InChI is InChI=1S/C26H32N8O2/c1-25(2,3)17-34-22-20(15-28-21(14-27)29-22)19-7-5-4-6-18(19)16-33(34)13-12-32-10-8-26(9-11-32)23(35)30-24(36)31-26/h4-7,15H,8-13,16-17H2,1-3H3,(H2,30,31,35,36). The van der Waals surface area contributed by atoms with E-state index in [9.17, 15) is 14.9 Å². The molecule has 1 aromatic carbocycles. The van der Waals surface area contributed by atoms with E-state index in [1.165, 1.54) is 5.56 Å². The van der Waals surface area contributed by atoms with Crippen LogP contribution in [0, 0.1) is 16.7 Å². The minimum Gasteiger partial charge on any atom is -0.323 e. The number of hydrazine groups is 1. The molecule has 3 amide bonds. The molecular formula is C26H32N8O2. The summed E-state index contributed by atoms with van der Waals surface area (Å²) in [6, 6.07) is 9.99. The van der Waals surface area contributed by atoms with Crippen molar-refractivity contribution >= 4 is 17.8 Å². The topological polar surface area (TPSA) is 117 Å². The second kappa shape index (κ2) is 9.15. The summed E-state index contributed by atoms with van der Waals surface area (Å²) >= 11 is 0. The van der Waals surface area contributed by atoms with Crippen LogP contribution in [0.4, 0.5) is 10.6 Å². The summed E-state index contributed by atoms with van der Waals surface area (Å²) in [6.07, 6.45) is 2.96. The van der Waals surface area contributed by atoms with Gasteiger partial charge in [0.1, 0.15) is 11.6 Å². The number of carbonyl (C=O) groups excluding carboxylic acids is 2. The third kappa shape index (κ3) is 4.64. The highest BCUT2D eigenvalue weighted by Crippen LogP contribution is 2.37. The Kier molecular flexibility index (Phi) is 6.14. The molecule has 0 bridgehead atoms. The fraction of sp³-hybridized carbons (Fsp3) is 0.500. The van der Waals surface area contributed by atoms with Crippen LogP contribution >= 0.6 is 0 Å². The van der Waals surface area contributed by atoms with Gasteiger partial charge in [0.2, 0.25) is 5.82 Å². The monoisotopic (exact) mass is 488 g/mol. The highest BCUT2D eigenvalue weighted by atomic mass is 16.2. The number of hydrogen-bond donors (Lipinski definition) is 2. The van der Waals surface area contributed by atoms with Gasteiger partial charge in [0.25, 0.3) is 5.91 Å². The Balaban J connectivity index is 1.40. The fourth-order valence-corrected chi connectivity index (χ4v) is 5.27. The molecule has 0 radical (unpaired) electrons. The molecule has 2 fully saturated rings. The van der Waals surface area contributed by atoms with E-state index in [0.29, 0.717) is 19.4 Å². The van der Waals surface area contributed by atoms with Gasteiger partial charge in [0.05, 0.1) is 0 Å². The third-order valence-electron chi connectivity index (χ3n) is 7.14. The largest absolute Gasteiger partial charge is 0.323 e. The summed E-state index contributed by atoms with van der Waals surface area (Å²) in [5, 5.41) is 19.3. The van der Waals surface area contributed by atoms with Crippen molar-refractivity contribution in [1.82, 2.24) is 30.5 Å². The van der Waals surface area contributed by atoms with E-state index < -0.39 is 11.6 Å². The summed E-state index contributed by atoms with van der Waals surface area (Å²) in [6.45, 7) is 11.0. The number of rotatable bonds is 4. The van der Waals surface area contributed by atoms with E-state index in [4.69, 9.17) is 0 Å². The number of nitrogens with one attached hydrogen (secondary N) is 2. The first-order chi connectivity index (χ1) is 17.2. The third-order valence-corrected chi connectivity index (χ3v) is 7.14. The maximum Gasteiger partial charge on any atom is 0.322 e. The van der Waals surface area contributed by atoms with Gasteiger partial charge in [-0.1, -0.05) is 45.0 Å². The molecule has 10 heteroatoms. The molecule has 0 saturated carbocycles. The van der Waals surface area contributed by atoms with Crippen molar-refractivity contribution in [2.75, 3.05) is 37.7 Å². The lowest BCUT2D eigenvalue weighted by Gasteiger charge is -2.41. The number of aromatic nitrogens is 2. The minimum atomic E-state index is -0.767. The molecule has 5 rings (SSSR count). The van der Waals surface area contributed by atoms with Gasteiger partial charge < -0.3 is 10.2 Å². The van der Waals surface area contributed by atoms with Crippen LogP contribution in [0.15, 0.2) is 30.5 Å². The number of amides is 3. The van der Waals surface area contributed by atoms with E-state index in [1.807, 2.05) is 12.1 Å². The van der Waals surface area contributed by atoms with E-state index in [-0.39, 0.29) is 17.1 Å². The lowest BCUT2D eigenvalue weighted by Crippen LogP contribution is -2.56. The zero-order valence-corrected chi connectivity index (χ0v) is 21.0. The van der Waals surface area contributed by atoms with Gasteiger partial charge in [-0.2, -0.15) is 10.2 Å². The van der Waals surface area contributed by atoms with Crippen molar-refractivity contribution in [2.24, 2.45) is 5.41 Å². The maximum absolute atomic E-state index is 12.3. The normalized spacial score (nSPS) is 19.8. The number of fused-ring (bicyclic) bond motifs is 3. The molecule has 1 aromatic heterocycles. The van der Waals surface area contributed by atoms with Crippen LogP contribution in [-0.2, 0) is 11.3 Å². The lowest BCUT2D eigenvalue weighted by atomic mass is 9.88. The van der Waals surface area contributed by atoms with Crippen LogP contribution in [0.2, 0.25) is 0 Å². The first-order valence-electron chi connectivity index (χ1n) is 12.4. The Morgan fingerprint density at radius 2 is 1.86 bits per heavy atom. The number of benzene rings is 1. The molecule has 2 aromatic rings. The van der Waals surface area contributed by atoms with Crippen molar-refractivity contribution in [1.29, 1.82) is 5.26 Å². The van der Waals surface area contributed by atoms with Crippen molar-refractivity contribution < 1.29 is 9.59 Å². The number of nitrogens with zero attached hydrogens (tertiary/aromatic N) is 6. The molecule has 2 N–H and O–H groups in total. The van der Waals surface area contributed by atoms with E-state index in [2.05, 4.69) is 74.5 Å². The van der Waals surface area contributed by atoms with E-state index in [0.717, 1.165) is 49.7 Å². The van der Waals surface area contributed by atoms with Gasteiger partial charge in [-0.3, -0.25) is 15.1 Å². The highest BCUT2D eigenvalue weighted by Gasteiger charge is 2.47. The Hall–Kier alpha value is -3.55. The quantitative estimate of drug-likeness (QED) is 0.630. The van der Waals surface area contributed by atoms with Crippen LogP contribution in [0.1, 0.15) is 45.0 Å². The number of anilines is 1. The minimum absolute atomic E-state index is 0.0185. The predicted octanol–water partition coefficient (Wildman–Crippen LogP) is 2.27. The summed E-state index contributed by atoms with van der Waals surface area (Å²) in [4.78, 5) is 35.3. The number of imide groups is 1. The Labute approximate surface area is 211 Å². The van der Waals surface area contributed by atoms with Crippen LogP contribution in [0.3, 0.4) is 0 Å². The molecule has 0 atom stereocenters. The van der Waals surface area contributed by atoms with E-state index >= 15 is 0 Å². The number of carbonyl (C=O) groups is 2. The number of hydrogen-bond acceptors (Lipinski definition) is 8. The Bertz CT molecular complexity index is 1220. The predicted molar refractivity (Wildman–Crippen MR) is 134 cm³/mol. The van der Waals surface area contributed by atoms with Crippen molar-refractivity contribution in [3.63, 3.8) is 0 Å². The number of likely N-dealkylation sites (tertiary alicyclic amines) is 1. The van der Waals surface area contributed by atoms with Crippen molar-refractivity contribution in [3.05, 3.63) is 41.9 Å². The second-order valence-electron chi connectivity index (χ2n) is 11.0. The molecule has 3 aliphatic heterocycles. The number of piperidine rings is 1. The van der Waals surface area contributed by atoms with E-state index in [1.54, 1.807) is 6.20 Å². The Morgan fingerprint density at radius 1 is 1.11 bits per heavy atom. The van der Waals surface area contributed by atoms with Crippen molar-refractivity contribution in [3.8, 4) is 17.2 Å². The molecule has 10 nitrogen and oxygen atoms in total. The summed E-state index contributed by atoms with van der Waals surface area (Å²) in [7, 11) is 0. The smallest absolute Gasteiger partial charge is 0.322 e. The van der Waals surface area contributed by atoms with Crippen LogP contribution in [0.25, 0.3) is 11.1 Å². The van der Waals surface area contributed by atoms with Gasteiger partial charge >= 0.3 is 6.03 Å². The zero-order chi connectivity index (χ0) is 25.5. The summed E-state index contributed by atoms with van der Waals surface area (Å²) in [5.41, 5.74) is 2.42. The summed E-state index contributed by atoms with van der Waals surface area (Å²) in [5.74, 6) is 0.701. The first kappa shape index (κ1) is 24.2. The number of urea groups is 1. The van der Waals surface area contributed by atoms with Gasteiger partial charge in [0, 0.05) is 51.0 Å². The molecule has 3 aliphatic rings. The van der Waals surface area contributed by atoms with Crippen LogP contribution in [-0.4, -0.2) is 70.1 Å². The molecule has 1 spiro atoms. The van der Waals surface area contributed by atoms with Gasteiger partial charge in [-0.25, -0.2) is 14.8 Å². The van der Waals surface area contributed by atoms with Gasteiger partial charge in [-0.05, 0) is 29.4 Å². The lowest BCUT2D eigenvalue weighted by molar-refractivity contribution is -0.125. The average molecular weight is 489 g/mol. The van der Waals surface area contributed by atoms with Gasteiger partial charge in [-0.15, -0.1) is 0 Å². The zero-order valence-electron chi connectivity index (χ0n) is 21.0.